The number of anilines is 1. The van der Waals surface area contributed by atoms with Crippen LogP contribution in [0.15, 0.2) is 53.3 Å². The van der Waals surface area contributed by atoms with Crippen LogP contribution in [-0.2, 0) is 33.4 Å². The average molecular weight is 958 g/mol. The molecule has 1 aliphatic carbocycles. The minimum absolute atomic E-state index is 0.00570. The first-order chi connectivity index (χ1) is 33.4. The third-order valence-corrected chi connectivity index (χ3v) is 12.7. The van der Waals surface area contributed by atoms with E-state index in [4.69, 9.17) is 28.7 Å². The van der Waals surface area contributed by atoms with Gasteiger partial charge in [-0.05, 0) is 68.9 Å². The number of piperazine rings is 1. The molecule has 0 spiro atoms. The summed E-state index contributed by atoms with van der Waals surface area (Å²) in [5, 5.41) is 11.3. The highest BCUT2D eigenvalue weighted by atomic mass is 16.5. The fraction of sp³-hybridized carbons (Fsp3) is 0.542. The Hall–Kier alpha value is -6.58. The van der Waals surface area contributed by atoms with E-state index in [9.17, 15) is 33.6 Å². The number of ether oxygens (including phenoxy) is 5. The van der Waals surface area contributed by atoms with Crippen molar-refractivity contribution in [3.8, 4) is 11.5 Å². The van der Waals surface area contributed by atoms with Gasteiger partial charge in [-0.2, -0.15) is 0 Å². The number of piperidine rings is 1. The van der Waals surface area contributed by atoms with E-state index in [1.807, 2.05) is 31.3 Å². The van der Waals surface area contributed by atoms with E-state index < -0.39 is 48.5 Å². The molecular weight excluding hydrogens is 895 g/mol. The monoisotopic (exact) mass is 957 g/mol. The van der Waals surface area contributed by atoms with Crippen LogP contribution in [0, 0.1) is 0 Å². The van der Waals surface area contributed by atoms with Gasteiger partial charge >= 0.3 is 0 Å². The van der Waals surface area contributed by atoms with Crippen molar-refractivity contribution in [3.05, 3.63) is 65.0 Å². The van der Waals surface area contributed by atoms with Crippen molar-refractivity contribution >= 4 is 52.9 Å². The Morgan fingerprint density at radius 3 is 2.22 bits per heavy atom. The molecule has 7 rings (SSSR count). The van der Waals surface area contributed by atoms with E-state index in [1.165, 1.54) is 18.2 Å². The fourth-order valence-electron chi connectivity index (χ4n) is 9.07. The molecule has 0 aromatic heterocycles. The van der Waals surface area contributed by atoms with E-state index in [-0.39, 0.29) is 53.6 Å². The summed E-state index contributed by atoms with van der Waals surface area (Å²) < 4.78 is 28.1. The molecule has 21 heteroatoms. The normalized spacial score (nSPS) is 20.3. The molecule has 4 N–H and O–H groups in total. The van der Waals surface area contributed by atoms with Crippen LogP contribution in [0.2, 0.25) is 0 Å². The maximum atomic E-state index is 13.4. The number of imide groups is 2. The summed E-state index contributed by atoms with van der Waals surface area (Å²) in [5.74, 6) is -1.76. The second-order valence-corrected chi connectivity index (χ2v) is 17.3. The van der Waals surface area contributed by atoms with Gasteiger partial charge in [-0.1, -0.05) is 25.8 Å². The van der Waals surface area contributed by atoms with E-state index >= 15 is 0 Å². The average Bonchev–Trinajstić information content (AvgIpc) is 3.97. The molecular formula is C48H63N9O12. The minimum atomic E-state index is -1.11. The summed E-state index contributed by atoms with van der Waals surface area (Å²) in [6.45, 7) is 4.69. The van der Waals surface area contributed by atoms with Crippen LogP contribution in [0.4, 0.5) is 5.69 Å². The molecule has 4 aliphatic heterocycles. The molecule has 0 radical (unpaired) electrons. The molecule has 372 valence electrons. The Morgan fingerprint density at radius 1 is 0.841 bits per heavy atom. The van der Waals surface area contributed by atoms with E-state index in [1.54, 1.807) is 24.1 Å². The molecule has 3 fully saturated rings. The number of hydrogen-bond acceptors (Lipinski definition) is 16. The summed E-state index contributed by atoms with van der Waals surface area (Å²) in [4.78, 5) is 101. The summed E-state index contributed by atoms with van der Waals surface area (Å²) in [6, 6.07) is 8.62. The molecule has 1 saturated carbocycles. The van der Waals surface area contributed by atoms with Gasteiger partial charge in [0.25, 0.3) is 23.6 Å². The standard InChI is InChI=1S/C48H63N9O12/c1-5-34-46(63)55(3)36-28-54(2)48(53-42(36)56(34)31-11-6-7-12-31)51-33-16-15-30(27-38(33)65-4)43(60)50-20-10-22-67-24-26-68-25-23-66-21-9-19-49-40(59)29-69-37-14-8-13-32-41(37)47(64)57(45(32)62)35-17-18-39(58)52-44(35)61/h8,13-16,27-28,31,34-35,48,51H,5-7,9-12,17-26,29H2,1-4H3,(H,49,59)(H,50,60)(H,52,58,61)/t34-,35?,48?/m1/s1. The molecule has 2 aromatic rings. The van der Waals surface area contributed by atoms with Crippen LogP contribution >= 0.6 is 0 Å². The van der Waals surface area contributed by atoms with Crippen LogP contribution in [-0.4, -0.2) is 172 Å². The molecule has 5 aliphatic rings. The van der Waals surface area contributed by atoms with Gasteiger partial charge < -0.3 is 54.3 Å². The minimum Gasteiger partial charge on any atom is -0.495 e. The van der Waals surface area contributed by atoms with Crippen LogP contribution in [0.5, 0.6) is 11.5 Å². The highest BCUT2D eigenvalue weighted by molar-refractivity contribution is 6.24. The predicted octanol–water partition coefficient (Wildman–Crippen LogP) is 2.23. The van der Waals surface area contributed by atoms with E-state index in [0.29, 0.717) is 89.0 Å². The number of fused-ring (bicyclic) bond motifs is 2. The molecule has 2 unspecified atom stereocenters. The lowest BCUT2D eigenvalue weighted by atomic mass is 10.0. The highest BCUT2D eigenvalue weighted by Gasteiger charge is 2.47. The Bertz CT molecular complexity index is 2320. The number of nitrogens with one attached hydrogen (secondary N) is 4. The Kier molecular flexibility index (Phi) is 17.2. The van der Waals surface area contributed by atoms with Gasteiger partial charge in [0, 0.05) is 64.6 Å². The van der Waals surface area contributed by atoms with Gasteiger partial charge in [0.1, 0.15) is 29.3 Å². The molecule has 2 saturated heterocycles. The van der Waals surface area contributed by atoms with Gasteiger partial charge in [-0.25, -0.2) is 4.99 Å². The van der Waals surface area contributed by atoms with E-state index in [2.05, 4.69) is 33.1 Å². The number of benzene rings is 2. The molecule has 4 heterocycles. The van der Waals surface area contributed by atoms with Crippen molar-refractivity contribution in [1.82, 2.24) is 35.6 Å². The first kappa shape index (κ1) is 50.3. The molecule has 0 bridgehead atoms. The third-order valence-electron chi connectivity index (χ3n) is 12.7. The van der Waals surface area contributed by atoms with Crippen molar-refractivity contribution in [2.75, 3.05) is 85.9 Å². The number of nitrogens with zero attached hydrogens (tertiary/aromatic N) is 5. The second-order valence-electron chi connectivity index (χ2n) is 17.3. The van der Waals surface area contributed by atoms with Crippen molar-refractivity contribution < 1.29 is 57.2 Å². The van der Waals surface area contributed by atoms with Crippen LogP contribution < -0.4 is 30.7 Å². The zero-order chi connectivity index (χ0) is 49.0. The lowest BCUT2D eigenvalue weighted by Crippen LogP contribution is -2.62. The zero-order valence-electron chi connectivity index (χ0n) is 39.7. The largest absolute Gasteiger partial charge is 0.495 e. The van der Waals surface area contributed by atoms with Gasteiger partial charge in [0.2, 0.25) is 17.7 Å². The van der Waals surface area contributed by atoms with Gasteiger partial charge in [-0.15, -0.1) is 0 Å². The highest BCUT2D eigenvalue weighted by Crippen LogP contribution is 2.36. The third kappa shape index (κ3) is 11.8. The number of likely N-dealkylation sites (N-methyl/N-ethyl adjacent to an activating group) is 1. The Morgan fingerprint density at radius 2 is 1.54 bits per heavy atom. The molecule has 2 aromatic carbocycles. The lowest BCUT2D eigenvalue weighted by Gasteiger charge is -2.48. The van der Waals surface area contributed by atoms with E-state index in [0.717, 1.165) is 42.1 Å². The van der Waals surface area contributed by atoms with Crippen LogP contribution in [0.3, 0.4) is 0 Å². The number of aliphatic imine (C=N–C) groups is 1. The SMILES string of the molecule is CC[C@@H]1C(=O)N(C)C2=CN(C)C(Nc3ccc(C(=O)NCCCOCCOCCOCCCNC(=O)COc4cccc5c4C(=O)N(C4CCC(=O)NC4=O)C5=O)cc3OC)N=C2N1C1CCCC1. The Labute approximate surface area is 401 Å². The first-order valence-corrected chi connectivity index (χ1v) is 23.7. The van der Waals surface area contributed by atoms with Crippen molar-refractivity contribution in [1.29, 1.82) is 0 Å². The summed E-state index contributed by atoms with van der Waals surface area (Å²) in [6.07, 6.45) is 7.75. The number of carbonyl (C=O) groups excluding carboxylic acids is 7. The van der Waals surface area contributed by atoms with Crippen molar-refractivity contribution in [3.63, 3.8) is 0 Å². The van der Waals surface area contributed by atoms with Gasteiger partial charge in [0.05, 0.1) is 50.4 Å². The topological polar surface area (TPSA) is 239 Å². The van der Waals surface area contributed by atoms with Crippen LogP contribution in [0.25, 0.3) is 0 Å². The summed E-state index contributed by atoms with van der Waals surface area (Å²) >= 11 is 0. The number of amidine groups is 1. The van der Waals surface area contributed by atoms with Crippen molar-refractivity contribution in [2.24, 2.45) is 4.99 Å². The fourth-order valence-corrected chi connectivity index (χ4v) is 9.07. The van der Waals surface area contributed by atoms with Crippen LogP contribution in [0.1, 0.15) is 95.8 Å². The maximum Gasteiger partial charge on any atom is 0.266 e. The molecule has 69 heavy (non-hydrogen) atoms. The Balaban J connectivity index is 0.722. The van der Waals surface area contributed by atoms with Gasteiger partial charge in [-0.3, -0.25) is 43.8 Å². The predicted molar refractivity (Wildman–Crippen MR) is 250 cm³/mol. The number of carbonyl (C=O) groups is 7. The number of hydrogen-bond donors (Lipinski definition) is 4. The quantitative estimate of drug-likeness (QED) is 0.0872. The van der Waals surface area contributed by atoms with Gasteiger partial charge in [0.15, 0.2) is 18.7 Å². The lowest BCUT2D eigenvalue weighted by molar-refractivity contribution is -0.136. The maximum absolute atomic E-state index is 13.4. The number of methoxy groups -OCH3 is 1. The summed E-state index contributed by atoms with van der Waals surface area (Å²) in [7, 11) is 5.29. The first-order valence-electron chi connectivity index (χ1n) is 23.7. The number of amides is 7. The molecule has 21 nitrogen and oxygen atoms in total. The molecule has 7 amide bonds. The zero-order valence-corrected chi connectivity index (χ0v) is 39.7. The number of rotatable bonds is 24. The second kappa shape index (κ2) is 23.6. The van der Waals surface area contributed by atoms with Crippen molar-refractivity contribution in [2.45, 2.75) is 89.1 Å². The summed E-state index contributed by atoms with van der Waals surface area (Å²) in [5.41, 5.74) is 1.96. The smallest absolute Gasteiger partial charge is 0.266 e. The molecule has 3 atom stereocenters.